The van der Waals surface area contributed by atoms with Crippen LogP contribution in [0.5, 0.6) is 0 Å². The highest BCUT2D eigenvalue weighted by molar-refractivity contribution is 5.91. The number of nitrogens with one attached hydrogen (secondary N) is 2. The minimum Gasteiger partial charge on any atom is -0.346 e. The summed E-state index contributed by atoms with van der Waals surface area (Å²) in [6.45, 7) is 3.80. The minimum atomic E-state index is -0.378. The van der Waals surface area contributed by atoms with Crippen molar-refractivity contribution in [3.05, 3.63) is 75.5 Å². The zero-order chi connectivity index (χ0) is 17.1. The number of aryl methyl sites for hydroxylation is 2. The van der Waals surface area contributed by atoms with Crippen molar-refractivity contribution in [2.45, 2.75) is 20.4 Å². The maximum absolute atomic E-state index is 12.2. The van der Waals surface area contributed by atoms with Gasteiger partial charge in [-0.05, 0) is 37.6 Å². The van der Waals surface area contributed by atoms with Gasteiger partial charge in [0, 0.05) is 17.8 Å². The van der Waals surface area contributed by atoms with E-state index in [4.69, 9.17) is 0 Å². The van der Waals surface area contributed by atoms with Crippen molar-refractivity contribution in [2.24, 2.45) is 0 Å². The number of nitrogens with zero attached hydrogens (tertiary/aromatic N) is 3. The molecule has 0 saturated carbocycles. The molecule has 122 valence electrons. The van der Waals surface area contributed by atoms with Crippen LogP contribution in [0.1, 0.15) is 27.3 Å². The number of pyridine rings is 1. The Morgan fingerprint density at radius 2 is 2.00 bits per heavy atom. The van der Waals surface area contributed by atoms with Crippen molar-refractivity contribution in [1.82, 2.24) is 25.3 Å². The Morgan fingerprint density at radius 3 is 2.71 bits per heavy atom. The third-order valence-corrected chi connectivity index (χ3v) is 3.63. The molecule has 0 bridgehead atoms. The van der Waals surface area contributed by atoms with Crippen molar-refractivity contribution >= 4 is 5.91 Å². The maximum Gasteiger partial charge on any atom is 0.273 e. The van der Waals surface area contributed by atoms with Gasteiger partial charge < -0.3 is 10.3 Å². The number of hydrogen-bond donors (Lipinski definition) is 2. The fourth-order valence-corrected chi connectivity index (χ4v) is 2.41. The van der Waals surface area contributed by atoms with Crippen LogP contribution >= 0.6 is 0 Å². The summed E-state index contributed by atoms with van der Waals surface area (Å²) in [5.74, 6) is -0.378. The molecule has 0 aliphatic carbocycles. The van der Waals surface area contributed by atoms with Crippen LogP contribution in [0.2, 0.25) is 0 Å². The van der Waals surface area contributed by atoms with Crippen LogP contribution in [0, 0.1) is 13.8 Å². The molecule has 7 heteroatoms. The van der Waals surface area contributed by atoms with Gasteiger partial charge >= 0.3 is 0 Å². The van der Waals surface area contributed by atoms with E-state index in [1.807, 2.05) is 50.2 Å². The van der Waals surface area contributed by atoms with E-state index in [9.17, 15) is 9.59 Å². The van der Waals surface area contributed by atoms with Gasteiger partial charge in [0.05, 0.1) is 11.9 Å². The molecular weight excluding hydrogens is 306 g/mol. The lowest BCUT2D eigenvalue weighted by molar-refractivity contribution is 0.0945. The normalized spacial score (nSPS) is 10.6. The molecule has 1 aromatic carbocycles. The van der Waals surface area contributed by atoms with E-state index in [1.54, 1.807) is 0 Å². The van der Waals surface area contributed by atoms with Crippen molar-refractivity contribution in [3.63, 3.8) is 0 Å². The molecule has 2 N–H and O–H groups in total. The van der Waals surface area contributed by atoms with Gasteiger partial charge in [-0.1, -0.05) is 18.2 Å². The molecule has 7 nitrogen and oxygen atoms in total. The number of hydrogen-bond acceptors (Lipinski definition) is 4. The lowest BCUT2D eigenvalue weighted by atomic mass is 10.1. The predicted molar refractivity (Wildman–Crippen MR) is 89.1 cm³/mol. The second kappa shape index (κ2) is 6.49. The molecule has 2 heterocycles. The molecule has 0 spiro atoms. The minimum absolute atomic E-state index is 0.137. The summed E-state index contributed by atoms with van der Waals surface area (Å²) in [4.78, 5) is 28.3. The smallest absolute Gasteiger partial charge is 0.273 e. The Kier molecular flexibility index (Phi) is 4.24. The molecule has 0 fully saturated rings. The number of para-hydroxylation sites is 1. The highest BCUT2D eigenvalue weighted by Crippen LogP contribution is 2.06. The fourth-order valence-electron chi connectivity index (χ4n) is 2.41. The molecule has 2 aromatic heterocycles. The summed E-state index contributed by atoms with van der Waals surface area (Å²) in [5.41, 5.74) is 2.93. The van der Waals surface area contributed by atoms with Gasteiger partial charge in [-0.2, -0.15) is 9.90 Å². The summed E-state index contributed by atoms with van der Waals surface area (Å²) < 4.78 is 0. The third kappa shape index (κ3) is 3.24. The van der Waals surface area contributed by atoms with E-state index in [0.29, 0.717) is 5.56 Å². The van der Waals surface area contributed by atoms with Gasteiger partial charge in [0.25, 0.3) is 11.5 Å². The van der Waals surface area contributed by atoms with Gasteiger partial charge in [-0.3, -0.25) is 9.59 Å². The molecule has 0 aliphatic heterocycles. The Hall–Kier alpha value is -3.22. The second-order valence-corrected chi connectivity index (χ2v) is 5.48. The van der Waals surface area contributed by atoms with Gasteiger partial charge in [0.1, 0.15) is 0 Å². The first kappa shape index (κ1) is 15.7. The average Bonchev–Trinajstić information content (AvgIpc) is 3.04. The zero-order valence-corrected chi connectivity index (χ0v) is 13.4. The summed E-state index contributed by atoms with van der Waals surface area (Å²) >= 11 is 0. The lowest BCUT2D eigenvalue weighted by Crippen LogP contribution is -2.28. The molecular formula is C17H17N5O2. The van der Waals surface area contributed by atoms with E-state index in [2.05, 4.69) is 20.5 Å². The molecule has 0 atom stereocenters. The fraction of sp³-hybridized carbons (Fsp3) is 0.176. The molecule has 24 heavy (non-hydrogen) atoms. The topological polar surface area (TPSA) is 92.7 Å². The largest absolute Gasteiger partial charge is 0.346 e. The zero-order valence-electron chi connectivity index (χ0n) is 13.4. The number of aromatic amines is 1. The van der Waals surface area contributed by atoms with Crippen LogP contribution < -0.4 is 10.9 Å². The molecule has 0 unspecified atom stereocenters. The van der Waals surface area contributed by atoms with Gasteiger partial charge in [-0.15, -0.1) is 5.10 Å². The number of H-pyrrole nitrogens is 1. The number of carbonyl (C=O) groups is 1. The molecule has 3 aromatic rings. The summed E-state index contributed by atoms with van der Waals surface area (Å²) in [7, 11) is 0. The predicted octanol–water partition coefficient (Wildman–Crippen LogP) is 1.50. The molecule has 0 radical (unpaired) electrons. The van der Waals surface area contributed by atoms with Gasteiger partial charge in [0.15, 0.2) is 5.69 Å². The first-order valence-corrected chi connectivity index (χ1v) is 7.50. The van der Waals surface area contributed by atoms with E-state index in [0.717, 1.165) is 16.9 Å². The van der Waals surface area contributed by atoms with Crippen LogP contribution in [0.15, 0.2) is 47.4 Å². The van der Waals surface area contributed by atoms with Crippen molar-refractivity contribution in [3.8, 4) is 5.69 Å². The van der Waals surface area contributed by atoms with E-state index in [1.165, 1.54) is 11.0 Å². The number of benzene rings is 1. The number of aromatic nitrogens is 4. The quantitative estimate of drug-likeness (QED) is 0.761. The number of carbonyl (C=O) groups excluding carboxylic acids is 1. The van der Waals surface area contributed by atoms with E-state index >= 15 is 0 Å². The number of amides is 1. The van der Waals surface area contributed by atoms with Crippen LogP contribution in [0.3, 0.4) is 0 Å². The Bertz CT molecular complexity index is 928. The Balaban J connectivity index is 1.73. The summed E-state index contributed by atoms with van der Waals surface area (Å²) in [6, 6.07) is 11.2. The Labute approximate surface area is 138 Å². The van der Waals surface area contributed by atoms with Gasteiger partial charge in [0.2, 0.25) is 0 Å². The maximum atomic E-state index is 12.2. The highest BCUT2D eigenvalue weighted by Gasteiger charge is 2.13. The lowest BCUT2D eigenvalue weighted by Gasteiger charge is -2.07. The van der Waals surface area contributed by atoms with Crippen LogP contribution in [-0.4, -0.2) is 25.9 Å². The van der Waals surface area contributed by atoms with Gasteiger partial charge in [-0.25, -0.2) is 0 Å². The van der Waals surface area contributed by atoms with E-state index in [-0.39, 0.29) is 23.7 Å². The molecule has 3 rings (SSSR count). The SMILES string of the molecule is Cc1cc(C)c(CNC(=O)c2cnn(-c3ccccc3)n2)c(=O)[nH]1. The standard InChI is InChI=1S/C17H17N5O2/c1-11-8-12(2)20-16(23)14(11)9-18-17(24)15-10-19-22(21-15)13-6-4-3-5-7-13/h3-8,10H,9H2,1-2H3,(H,18,24)(H,20,23). The summed E-state index contributed by atoms with van der Waals surface area (Å²) in [5, 5.41) is 11.0. The molecule has 1 amide bonds. The Morgan fingerprint density at radius 1 is 1.25 bits per heavy atom. The average molecular weight is 323 g/mol. The monoisotopic (exact) mass is 323 g/mol. The van der Waals surface area contributed by atoms with Crippen molar-refractivity contribution in [2.75, 3.05) is 0 Å². The highest BCUT2D eigenvalue weighted by atomic mass is 16.2. The number of rotatable bonds is 4. The van der Waals surface area contributed by atoms with Crippen molar-refractivity contribution < 1.29 is 4.79 Å². The van der Waals surface area contributed by atoms with Crippen LogP contribution in [0.25, 0.3) is 5.69 Å². The summed E-state index contributed by atoms with van der Waals surface area (Å²) in [6.07, 6.45) is 1.40. The van der Waals surface area contributed by atoms with Crippen LogP contribution in [0.4, 0.5) is 0 Å². The molecule has 0 saturated heterocycles. The van der Waals surface area contributed by atoms with E-state index < -0.39 is 0 Å². The second-order valence-electron chi connectivity index (χ2n) is 5.48. The van der Waals surface area contributed by atoms with Crippen molar-refractivity contribution in [1.29, 1.82) is 0 Å². The first-order valence-electron chi connectivity index (χ1n) is 7.50. The van der Waals surface area contributed by atoms with Crippen LogP contribution in [-0.2, 0) is 6.54 Å². The first-order chi connectivity index (χ1) is 11.5. The molecule has 0 aliphatic rings. The third-order valence-electron chi connectivity index (χ3n) is 3.63.